The van der Waals surface area contributed by atoms with E-state index in [0.717, 1.165) is 0 Å². The minimum Gasteiger partial charge on any atom is -0.397 e. The van der Waals surface area contributed by atoms with Gasteiger partial charge in [-0.05, 0) is 23.6 Å². The SMILES string of the molecule is CON(CC(C)(C)C)c1cc(C(N)=O)ccc1N. The van der Waals surface area contributed by atoms with Crippen LogP contribution in [0.25, 0.3) is 0 Å². The molecule has 0 heterocycles. The Morgan fingerprint density at radius 1 is 1.39 bits per heavy atom. The van der Waals surface area contributed by atoms with Crippen LogP contribution in [0.5, 0.6) is 0 Å². The van der Waals surface area contributed by atoms with Crippen molar-refractivity contribution in [2.75, 3.05) is 24.5 Å². The molecule has 0 spiro atoms. The summed E-state index contributed by atoms with van der Waals surface area (Å²) in [5.41, 5.74) is 12.8. The van der Waals surface area contributed by atoms with Crippen LogP contribution in [0, 0.1) is 5.41 Å². The Hall–Kier alpha value is -1.75. The van der Waals surface area contributed by atoms with E-state index in [1.807, 2.05) is 0 Å². The monoisotopic (exact) mass is 251 g/mol. The van der Waals surface area contributed by atoms with E-state index in [4.69, 9.17) is 16.3 Å². The van der Waals surface area contributed by atoms with Gasteiger partial charge in [0.15, 0.2) is 0 Å². The van der Waals surface area contributed by atoms with Gasteiger partial charge in [0.2, 0.25) is 5.91 Å². The van der Waals surface area contributed by atoms with E-state index in [-0.39, 0.29) is 5.41 Å². The number of hydroxylamine groups is 1. The van der Waals surface area contributed by atoms with Gasteiger partial charge in [0.05, 0.1) is 25.0 Å². The summed E-state index contributed by atoms with van der Waals surface area (Å²) in [5, 5.41) is 1.67. The van der Waals surface area contributed by atoms with Crippen LogP contribution in [-0.4, -0.2) is 19.6 Å². The summed E-state index contributed by atoms with van der Waals surface area (Å²) in [4.78, 5) is 16.5. The maximum absolute atomic E-state index is 11.2. The Morgan fingerprint density at radius 3 is 2.44 bits per heavy atom. The van der Waals surface area contributed by atoms with Crippen molar-refractivity contribution in [3.8, 4) is 0 Å². The molecule has 1 aromatic carbocycles. The van der Waals surface area contributed by atoms with Crippen LogP contribution in [-0.2, 0) is 4.84 Å². The molecule has 0 fully saturated rings. The number of nitrogens with two attached hydrogens (primary N) is 2. The first-order valence-corrected chi connectivity index (χ1v) is 5.75. The van der Waals surface area contributed by atoms with Gasteiger partial charge in [0, 0.05) is 5.56 Å². The van der Waals surface area contributed by atoms with Crippen molar-refractivity contribution >= 4 is 17.3 Å². The average molecular weight is 251 g/mol. The molecule has 1 amide bonds. The summed E-state index contributed by atoms with van der Waals surface area (Å²) in [6.45, 7) is 6.92. The first kappa shape index (κ1) is 14.3. The highest BCUT2D eigenvalue weighted by molar-refractivity contribution is 5.94. The van der Waals surface area contributed by atoms with Gasteiger partial charge in [0.1, 0.15) is 0 Å². The maximum Gasteiger partial charge on any atom is 0.248 e. The Bertz CT molecular complexity index is 438. The summed E-state index contributed by atoms with van der Waals surface area (Å²) >= 11 is 0. The van der Waals surface area contributed by atoms with Crippen molar-refractivity contribution in [3.05, 3.63) is 23.8 Å². The number of benzene rings is 1. The quantitative estimate of drug-likeness (QED) is 0.631. The molecule has 0 aromatic heterocycles. The van der Waals surface area contributed by atoms with Gasteiger partial charge in [-0.15, -0.1) is 0 Å². The molecule has 0 radical (unpaired) electrons. The second-order valence-corrected chi connectivity index (χ2v) is 5.42. The van der Waals surface area contributed by atoms with Crippen molar-refractivity contribution in [2.45, 2.75) is 20.8 Å². The minimum atomic E-state index is -0.483. The fourth-order valence-corrected chi connectivity index (χ4v) is 1.59. The molecule has 0 aliphatic carbocycles. The highest BCUT2D eigenvalue weighted by Crippen LogP contribution is 2.28. The van der Waals surface area contributed by atoms with E-state index in [1.54, 1.807) is 30.4 Å². The second-order valence-electron chi connectivity index (χ2n) is 5.42. The molecule has 18 heavy (non-hydrogen) atoms. The number of nitrogens with zero attached hydrogens (tertiary/aromatic N) is 1. The average Bonchev–Trinajstić information content (AvgIpc) is 2.25. The maximum atomic E-state index is 11.2. The van der Waals surface area contributed by atoms with Gasteiger partial charge in [-0.1, -0.05) is 20.8 Å². The highest BCUT2D eigenvalue weighted by atomic mass is 16.7. The molecule has 0 aliphatic heterocycles. The second kappa shape index (κ2) is 5.27. The number of nitrogen functional groups attached to an aromatic ring is 1. The summed E-state index contributed by atoms with van der Waals surface area (Å²) in [6.07, 6.45) is 0. The predicted molar refractivity (Wildman–Crippen MR) is 73.2 cm³/mol. The zero-order valence-corrected chi connectivity index (χ0v) is 11.4. The van der Waals surface area contributed by atoms with E-state index in [2.05, 4.69) is 20.8 Å². The van der Waals surface area contributed by atoms with E-state index < -0.39 is 5.91 Å². The van der Waals surface area contributed by atoms with Crippen molar-refractivity contribution in [1.29, 1.82) is 0 Å². The molecule has 0 saturated heterocycles. The van der Waals surface area contributed by atoms with Crippen LogP contribution in [0.4, 0.5) is 11.4 Å². The first-order chi connectivity index (χ1) is 8.24. The summed E-state index contributed by atoms with van der Waals surface area (Å²) in [6, 6.07) is 4.91. The Kier molecular flexibility index (Phi) is 4.19. The fourth-order valence-electron chi connectivity index (χ4n) is 1.59. The van der Waals surface area contributed by atoms with E-state index in [9.17, 15) is 4.79 Å². The lowest BCUT2D eigenvalue weighted by atomic mass is 9.96. The number of carbonyl (C=O) groups is 1. The van der Waals surface area contributed by atoms with Crippen LogP contribution < -0.4 is 16.5 Å². The van der Waals surface area contributed by atoms with Gasteiger partial charge in [0.25, 0.3) is 0 Å². The molecule has 0 saturated carbocycles. The molecule has 5 heteroatoms. The van der Waals surface area contributed by atoms with E-state index in [0.29, 0.717) is 23.5 Å². The summed E-state index contributed by atoms with van der Waals surface area (Å²) in [5.74, 6) is -0.483. The normalized spacial score (nSPS) is 11.3. The number of anilines is 2. The third kappa shape index (κ3) is 3.63. The highest BCUT2D eigenvalue weighted by Gasteiger charge is 2.19. The summed E-state index contributed by atoms with van der Waals surface area (Å²) in [7, 11) is 1.57. The smallest absolute Gasteiger partial charge is 0.248 e. The predicted octanol–water partition coefficient (Wildman–Crippen LogP) is 1.78. The van der Waals surface area contributed by atoms with E-state index in [1.165, 1.54) is 0 Å². The first-order valence-electron chi connectivity index (χ1n) is 5.75. The largest absolute Gasteiger partial charge is 0.397 e. The molecular formula is C13H21N3O2. The lowest BCUT2D eigenvalue weighted by Crippen LogP contribution is -2.32. The van der Waals surface area contributed by atoms with Gasteiger partial charge in [-0.2, -0.15) is 0 Å². The molecule has 0 atom stereocenters. The van der Waals surface area contributed by atoms with Gasteiger partial charge < -0.3 is 11.5 Å². The zero-order chi connectivity index (χ0) is 13.9. The Labute approximate surface area is 108 Å². The number of amides is 1. The molecule has 1 aromatic rings. The van der Waals surface area contributed by atoms with Crippen LogP contribution >= 0.6 is 0 Å². The molecular weight excluding hydrogens is 230 g/mol. The minimum absolute atomic E-state index is 0.0329. The van der Waals surface area contributed by atoms with Crippen LogP contribution in [0.3, 0.4) is 0 Å². The van der Waals surface area contributed by atoms with Crippen LogP contribution in [0.2, 0.25) is 0 Å². The van der Waals surface area contributed by atoms with Crippen molar-refractivity contribution in [3.63, 3.8) is 0 Å². The lowest BCUT2D eigenvalue weighted by molar-refractivity contribution is 0.1000. The Balaban J connectivity index is 3.12. The van der Waals surface area contributed by atoms with Crippen LogP contribution in [0.1, 0.15) is 31.1 Å². The molecule has 0 bridgehead atoms. The van der Waals surface area contributed by atoms with Crippen LogP contribution in [0.15, 0.2) is 18.2 Å². The number of rotatable bonds is 4. The van der Waals surface area contributed by atoms with Crippen molar-refractivity contribution in [2.24, 2.45) is 11.1 Å². The molecule has 100 valence electrons. The number of primary amides is 1. The van der Waals surface area contributed by atoms with Gasteiger partial charge >= 0.3 is 0 Å². The van der Waals surface area contributed by atoms with Gasteiger partial charge in [-0.3, -0.25) is 14.7 Å². The molecule has 0 aliphatic rings. The van der Waals surface area contributed by atoms with Crippen molar-refractivity contribution < 1.29 is 9.63 Å². The fraction of sp³-hybridized carbons (Fsp3) is 0.462. The van der Waals surface area contributed by atoms with Gasteiger partial charge in [-0.25, -0.2) is 0 Å². The Morgan fingerprint density at radius 2 is 2.00 bits per heavy atom. The molecule has 4 N–H and O–H groups in total. The third-order valence-electron chi connectivity index (χ3n) is 2.42. The molecule has 1 rings (SSSR count). The molecule has 0 unspecified atom stereocenters. The lowest BCUT2D eigenvalue weighted by Gasteiger charge is -2.30. The summed E-state index contributed by atoms with van der Waals surface area (Å²) < 4.78 is 0. The number of hydrogen-bond acceptors (Lipinski definition) is 4. The van der Waals surface area contributed by atoms with E-state index >= 15 is 0 Å². The topological polar surface area (TPSA) is 81.6 Å². The zero-order valence-electron chi connectivity index (χ0n) is 11.4. The number of hydrogen-bond donors (Lipinski definition) is 2. The third-order valence-corrected chi connectivity index (χ3v) is 2.42. The van der Waals surface area contributed by atoms with Crippen molar-refractivity contribution in [1.82, 2.24) is 0 Å². The number of carbonyl (C=O) groups excluding carboxylic acids is 1. The standard InChI is InChI=1S/C13H21N3O2/c1-13(2,3)8-16(18-4)11-7-9(12(15)17)5-6-10(11)14/h5-7H,8,14H2,1-4H3,(H2,15,17). The molecule has 5 nitrogen and oxygen atoms in total.